The van der Waals surface area contributed by atoms with Crippen LogP contribution in [0.3, 0.4) is 0 Å². The number of aromatic hydroxyl groups is 1. The molecule has 4 heteroatoms. The molecule has 170 valence electrons. The largest absolute Gasteiger partial charge is 0.507 e. The molecule has 0 aliphatic carbocycles. The molecular formula is C32H20N2O2. The summed E-state index contributed by atoms with van der Waals surface area (Å²) >= 11 is 0. The molecule has 5 aromatic carbocycles. The molecule has 0 aliphatic heterocycles. The molecule has 0 bridgehead atoms. The van der Waals surface area contributed by atoms with E-state index in [0.717, 1.165) is 49.4 Å². The molecule has 0 fully saturated rings. The number of oxazole rings is 1. The maximum absolute atomic E-state index is 10.3. The van der Waals surface area contributed by atoms with Gasteiger partial charge in [-0.25, -0.2) is 4.98 Å². The van der Waals surface area contributed by atoms with Crippen LogP contribution in [-0.2, 0) is 0 Å². The van der Waals surface area contributed by atoms with Crippen LogP contribution in [0.1, 0.15) is 0 Å². The molecular weight excluding hydrogens is 444 g/mol. The number of hydrogen-bond donors (Lipinski definition) is 1. The quantitative estimate of drug-likeness (QED) is 0.286. The summed E-state index contributed by atoms with van der Waals surface area (Å²) in [4.78, 5) is 9.62. The Kier molecular flexibility index (Phi) is 4.57. The van der Waals surface area contributed by atoms with Crippen molar-refractivity contribution in [2.75, 3.05) is 0 Å². The molecule has 0 unspecified atom stereocenters. The van der Waals surface area contributed by atoms with Gasteiger partial charge in [-0.1, -0.05) is 72.8 Å². The van der Waals surface area contributed by atoms with Crippen molar-refractivity contribution in [1.82, 2.24) is 9.97 Å². The fourth-order valence-corrected chi connectivity index (χ4v) is 4.86. The standard InChI is InChI=1S/C32H20N2O2/c35-29-14-6-5-12-26(29)32-34-31-25(13-7-15-30(31)36-32)23-16-21-9-3-4-11-24(21)27(17-23)28-18-20-8-1-2-10-22(20)19-33-28/h1-19,35H. The number of fused-ring (bicyclic) bond motifs is 3. The van der Waals surface area contributed by atoms with Crippen molar-refractivity contribution in [3.8, 4) is 39.6 Å². The normalized spacial score (nSPS) is 11.4. The lowest BCUT2D eigenvalue weighted by molar-refractivity contribution is 0.474. The minimum Gasteiger partial charge on any atom is -0.507 e. The monoisotopic (exact) mass is 464 g/mol. The fourth-order valence-electron chi connectivity index (χ4n) is 4.86. The van der Waals surface area contributed by atoms with Crippen LogP contribution in [0.15, 0.2) is 120 Å². The number of pyridine rings is 1. The zero-order chi connectivity index (χ0) is 24.1. The van der Waals surface area contributed by atoms with Gasteiger partial charge >= 0.3 is 0 Å². The van der Waals surface area contributed by atoms with Crippen LogP contribution in [-0.4, -0.2) is 15.1 Å². The van der Waals surface area contributed by atoms with Crippen LogP contribution in [0.4, 0.5) is 0 Å². The van der Waals surface area contributed by atoms with Crippen molar-refractivity contribution >= 4 is 32.6 Å². The first-order valence-corrected chi connectivity index (χ1v) is 11.8. The maximum Gasteiger partial charge on any atom is 0.231 e. The number of phenolic OH excluding ortho intramolecular Hbond substituents is 1. The predicted molar refractivity (Wildman–Crippen MR) is 145 cm³/mol. The molecule has 7 rings (SSSR count). The van der Waals surface area contributed by atoms with Crippen molar-refractivity contribution in [2.24, 2.45) is 0 Å². The molecule has 0 atom stereocenters. The van der Waals surface area contributed by atoms with Gasteiger partial charge in [-0.2, -0.15) is 0 Å². The third-order valence-corrected chi connectivity index (χ3v) is 6.63. The minimum atomic E-state index is 0.140. The highest BCUT2D eigenvalue weighted by molar-refractivity contribution is 6.03. The molecule has 0 saturated carbocycles. The molecule has 1 N–H and O–H groups in total. The molecule has 7 aromatic rings. The Morgan fingerprint density at radius 3 is 2.25 bits per heavy atom. The zero-order valence-electron chi connectivity index (χ0n) is 19.2. The Bertz CT molecular complexity index is 1920. The van der Waals surface area contributed by atoms with Crippen LogP contribution in [0.5, 0.6) is 5.75 Å². The molecule has 0 radical (unpaired) electrons. The first kappa shape index (κ1) is 20.4. The van der Waals surface area contributed by atoms with Crippen molar-refractivity contribution < 1.29 is 9.52 Å². The predicted octanol–water partition coefficient (Wildman–Crippen LogP) is 8.24. The molecule has 0 aliphatic rings. The van der Waals surface area contributed by atoms with Crippen molar-refractivity contribution in [3.63, 3.8) is 0 Å². The van der Waals surface area contributed by atoms with Gasteiger partial charge in [-0.05, 0) is 58.1 Å². The van der Waals surface area contributed by atoms with Gasteiger partial charge < -0.3 is 9.52 Å². The molecule has 0 amide bonds. The molecule has 2 heterocycles. The lowest BCUT2D eigenvalue weighted by Gasteiger charge is -2.11. The van der Waals surface area contributed by atoms with Crippen LogP contribution in [0.25, 0.3) is 66.5 Å². The Morgan fingerprint density at radius 2 is 1.36 bits per heavy atom. The van der Waals surface area contributed by atoms with Gasteiger partial charge in [0.15, 0.2) is 5.58 Å². The van der Waals surface area contributed by atoms with Crippen LogP contribution in [0, 0.1) is 0 Å². The van der Waals surface area contributed by atoms with Crippen LogP contribution >= 0.6 is 0 Å². The Morgan fingerprint density at radius 1 is 0.611 bits per heavy atom. The second-order valence-corrected chi connectivity index (χ2v) is 8.85. The van der Waals surface area contributed by atoms with Crippen LogP contribution < -0.4 is 0 Å². The average Bonchev–Trinajstić information content (AvgIpc) is 3.37. The molecule has 0 spiro atoms. The van der Waals surface area contributed by atoms with Gasteiger partial charge in [0, 0.05) is 22.7 Å². The van der Waals surface area contributed by atoms with E-state index >= 15 is 0 Å². The van der Waals surface area contributed by atoms with Gasteiger partial charge in [-0.3, -0.25) is 4.98 Å². The third-order valence-electron chi connectivity index (χ3n) is 6.63. The summed E-state index contributed by atoms with van der Waals surface area (Å²) in [5.41, 5.74) is 5.98. The second-order valence-electron chi connectivity index (χ2n) is 8.85. The smallest absolute Gasteiger partial charge is 0.231 e. The second kappa shape index (κ2) is 8.07. The van der Waals surface area contributed by atoms with Gasteiger partial charge in [0.1, 0.15) is 11.3 Å². The summed E-state index contributed by atoms with van der Waals surface area (Å²) in [6, 6.07) is 36.2. The highest BCUT2D eigenvalue weighted by Crippen LogP contribution is 2.38. The Balaban J connectivity index is 1.46. The van der Waals surface area contributed by atoms with E-state index in [1.54, 1.807) is 18.2 Å². The van der Waals surface area contributed by atoms with Gasteiger partial charge in [0.25, 0.3) is 0 Å². The number of rotatable bonds is 3. The van der Waals surface area contributed by atoms with E-state index in [9.17, 15) is 5.11 Å². The highest BCUT2D eigenvalue weighted by Gasteiger charge is 2.17. The maximum atomic E-state index is 10.3. The number of hydrogen-bond acceptors (Lipinski definition) is 4. The summed E-state index contributed by atoms with van der Waals surface area (Å²) in [6.07, 6.45) is 1.93. The van der Waals surface area contributed by atoms with Crippen LogP contribution in [0.2, 0.25) is 0 Å². The third kappa shape index (κ3) is 3.31. The van der Waals surface area contributed by atoms with Crippen molar-refractivity contribution in [1.29, 1.82) is 0 Å². The van der Waals surface area contributed by atoms with E-state index in [2.05, 4.69) is 60.7 Å². The van der Waals surface area contributed by atoms with Gasteiger partial charge in [-0.15, -0.1) is 0 Å². The fraction of sp³-hybridized carbons (Fsp3) is 0. The Labute approximate surface area is 207 Å². The van der Waals surface area contributed by atoms with E-state index in [1.165, 1.54) is 0 Å². The summed E-state index contributed by atoms with van der Waals surface area (Å²) in [5.74, 6) is 0.536. The molecule has 4 nitrogen and oxygen atoms in total. The summed E-state index contributed by atoms with van der Waals surface area (Å²) < 4.78 is 6.06. The Hall–Kier alpha value is -4.96. The van der Waals surface area contributed by atoms with E-state index in [1.807, 2.05) is 36.5 Å². The topological polar surface area (TPSA) is 59.2 Å². The first-order chi connectivity index (χ1) is 17.7. The number of nitrogens with zero attached hydrogens (tertiary/aromatic N) is 2. The van der Waals surface area contributed by atoms with E-state index in [0.29, 0.717) is 17.0 Å². The van der Waals surface area contributed by atoms with E-state index in [-0.39, 0.29) is 5.75 Å². The lowest BCUT2D eigenvalue weighted by atomic mass is 9.94. The number of para-hydroxylation sites is 2. The number of aromatic nitrogens is 2. The van der Waals surface area contributed by atoms with Crippen molar-refractivity contribution in [2.45, 2.75) is 0 Å². The van der Waals surface area contributed by atoms with Gasteiger partial charge in [0.05, 0.1) is 11.3 Å². The SMILES string of the molecule is Oc1ccccc1-c1nc2c(-c3cc(-c4cc5ccccc5cn4)c4ccccc4c3)cccc2o1. The summed E-state index contributed by atoms with van der Waals surface area (Å²) in [7, 11) is 0. The number of phenols is 1. The summed E-state index contributed by atoms with van der Waals surface area (Å²) in [6.45, 7) is 0. The zero-order valence-corrected chi connectivity index (χ0v) is 19.2. The molecule has 2 aromatic heterocycles. The minimum absolute atomic E-state index is 0.140. The first-order valence-electron chi connectivity index (χ1n) is 11.8. The van der Waals surface area contributed by atoms with E-state index < -0.39 is 0 Å². The molecule has 36 heavy (non-hydrogen) atoms. The average molecular weight is 465 g/mol. The lowest BCUT2D eigenvalue weighted by Crippen LogP contribution is -1.89. The highest BCUT2D eigenvalue weighted by atomic mass is 16.3. The summed E-state index contributed by atoms with van der Waals surface area (Å²) in [5, 5.41) is 14.9. The van der Waals surface area contributed by atoms with Crippen molar-refractivity contribution in [3.05, 3.63) is 115 Å². The van der Waals surface area contributed by atoms with Gasteiger partial charge in [0.2, 0.25) is 5.89 Å². The number of benzene rings is 5. The molecule has 0 saturated heterocycles. The van der Waals surface area contributed by atoms with E-state index in [4.69, 9.17) is 14.4 Å².